The molecule has 0 atom stereocenters. The van der Waals surface area contributed by atoms with Crippen molar-refractivity contribution in [2.24, 2.45) is 0 Å². The van der Waals surface area contributed by atoms with E-state index >= 15 is 0 Å². The summed E-state index contributed by atoms with van der Waals surface area (Å²) in [5.41, 5.74) is 2.41. The Labute approximate surface area is 158 Å². The third-order valence-electron chi connectivity index (χ3n) is 3.76. The molecule has 0 spiro atoms. The molecule has 0 N–H and O–H groups in total. The topological polar surface area (TPSA) is 68.2 Å². The van der Waals surface area contributed by atoms with Crippen molar-refractivity contribution in [2.45, 2.75) is 26.7 Å². The van der Waals surface area contributed by atoms with Gasteiger partial charge in [-0.25, -0.2) is 9.37 Å². The van der Waals surface area contributed by atoms with Gasteiger partial charge in [0.1, 0.15) is 11.6 Å². The molecular weight excluding hydrogens is 347 g/mol. The maximum absolute atomic E-state index is 12.9. The second-order valence-electron chi connectivity index (χ2n) is 5.89. The highest BCUT2D eigenvalue weighted by Crippen LogP contribution is 2.25. The van der Waals surface area contributed by atoms with Gasteiger partial charge in [-0.15, -0.1) is 0 Å². The lowest BCUT2D eigenvalue weighted by Gasteiger charge is -2.12. The zero-order chi connectivity index (χ0) is 19.6. The van der Waals surface area contributed by atoms with Crippen LogP contribution in [0, 0.1) is 12.7 Å². The first-order chi connectivity index (χ1) is 13.0. The third kappa shape index (κ3) is 6.29. The lowest BCUT2D eigenvalue weighted by Crippen LogP contribution is -2.07. The Morgan fingerprint density at radius 3 is 2.78 bits per heavy atom. The van der Waals surface area contributed by atoms with Crippen molar-refractivity contribution in [3.63, 3.8) is 0 Å². The number of aryl methyl sites for hydroxylation is 2. The summed E-state index contributed by atoms with van der Waals surface area (Å²) in [6, 6.07) is 3.07. The highest BCUT2D eigenvalue weighted by atomic mass is 19.1. The Morgan fingerprint density at radius 1 is 1.30 bits per heavy atom. The van der Waals surface area contributed by atoms with Crippen molar-refractivity contribution >= 4 is 12.0 Å². The number of aromatic nitrogens is 3. The number of hydrogen-bond acceptors (Lipinski definition) is 5. The summed E-state index contributed by atoms with van der Waals surface area (Å²) in [5.74, 6) is 0.753. The number of hydrogen-bond donors (Lipinski definition) is 0. The van der Waals surface area contributed by atoms with Gasteiger partial charge in [-0.2, -0.15) is 4.98 Å². The largest absolute Gasteiger partial charge is 0.477 e. The number of allylic oxidation sites excluding steroid dienone is 3. The third-order valence-corrected chi connectivity index (χ3v) is 3.76. The molecule has 6 nitrogen and oxygen atoms in total. The first-order valence-corrected chi connectivity index (χ1v) is 8.62. The van der Waals surface area contributed by atoms with Crippen LogP contribution in [0.4, 0.5) is 4.39 Å². The summed E-state index contributed by atoms with van der Waals surface area (Å²) in [5, 5.41) is 0. The molecule has 2 aromatic rings. The lowest BCUT2D eigenvalue weighted by molar-refractivity contribution is -0.114. The number of carbonyl (C=O) groups is 1. The molecule has 0 aliphatic heterocycles. The Balaban J connectivity index is 2.05. The molecule has 0 aliphatic rings. The van der Waals surface area contributed by atoms with Crippen LogP contribution in [0.2, 0.25) is 0 Å². The van der Waals surface area contributed by atoms with Crippen molar-refractivity contribution in [1.29, 1.82) is 0 Å². The highest BCUT2D eigenvalue weighted by molar-refractivity contribution is 5.76. The first-order valence-electron chi connectivity index (χ1n) is 8.62. The summed E-state index contributed by atoms with van der Waals surface area (Å²) in [6.45, 7) is 4.13. The summed E-state index contributed by atoms with van der Waals surface area (Å²) in [7, 11) is 1.66. The number of rotatable bonds is 9. The Bertz CT molecular complexity index is 819. The van der Waals surface area contributed by atoms with Crippen molar-refractivity contribution in [2.75, 3.05) is 13.7 Å². The fourth-order valence-electron chi connectivity index (χ4n) is 2.31. The van der Waals surface area contributed by atoms with Crippen LogP contribution in [0.15, 0.2) is 42.9 Å². The van der Waals surface area contributed by atoms with Crippen LogP contribution in [-0.2, 0) is 11.2 Å². The second kappa shape index (κ2) is 10.2. The molecule has 0 saturated heterocycles. The Morgan fingerprint density at radius 2 is 2.11 bits per heavy atom. The molecule has 0 fully saturated rings. The van der Waals surface area contributed by atoms with Crippen molar-refractivity contribution in [3.05, 3.63) is 65.8 Å². The molecule has 142 valence electrons. The Hall–Kier alpha value is -3.09. The van der Waals surface area contributed by atoms with Gasteiger partial charge >= 0.3 is 0 Å². The maximum Gasteiger partial charge on any atom is 0.224 e. The minimum atomic E-state index is -0.344. The van der Waals surface area contributed by atoms with E-state index in [1.807, 2.05) is 13.0 Å². The smallest absolute Gasteiger partial charge is 0.224 e. The van der Waals surface area contributed by atoms with Crippen molar-refractivity contribution in [1.82, 2.24) is 19.9 Å². The van der Waals surface area contributed by atoms with E-state index < -0.39 is 0 Å². The predicted octanol–water partition coefficient (Wildman–Crippen LogP) is 3.34. The van der Waals surface area contributed by atoms with Gasteiger partial charge in [0.15, 0.2) is 0 Å². The van der Waals surface area contributed by atoms with Crippen LogP contribution < -0.4 is 4.74 Å². The quantitative estimate of drug-likeness (QED) is 0.385. The number of carbonyl (C=O) groups excluding carboxylic acids is 1. The van der Waals surface area contributed by atoms with Crippen molar-refractivity contribution < 1.29 is 13.9 Å². The second-order valence-corrected chi connectivity index (χ2v) is 5.89. The molecule has 0 aromatic carbocycles. The molecule has 27 heavy (non-hydrogen) atoms. The normalized spacial score (nSPS) is 11.6. The Kier molecular flexibility index (Phi) is 7.61. The first kappa shape index (κ1) is 20.2. The zero-order valence-electron chi connectivity index (χ0n) is 15.7. The number of ether oxygens (including phenoxy) is 1. The summed E-state index contributed by atoms with van der Waals surface area (Å²) >= 11 is 0. The molecule has 2 aromatic heterocycles. The number of halogens is 1. The van der Waals surface area contributed by atoms with Crippen LogP contribution in [0.3, 0.4) is 0 Å². The fraction of sp³-hybridized carbons (Fsp3) is 0.300. The van der Waals surface area contributed by atoms with Gasteiger partial charge in [0, 0.05) is 25.1 Å². The van der Waals surface area contributed by atoms with Gasteiger partial charge < -0.3 is 9.64 Å². The van der Waals surface area contributed by atoms with Gasteiger partial charge in [-0.1, -0.05) is 6.08 Å². The summed E-state index contributed by atoms with van der Waals surface area (Å²) in [4.78, 5) is 24.8. The molecule has 7 heteroatoms. The fourth-order valence-corrected chi connectivity index (χ4v) is 2.31. The zero-order valence-corrected chi connectivity index (χ0v) is 15.7. The monoisotopic (exact) mass is 370 g/mol. The van der Waals surface area contributed by atoms with E-state index in [2.05, 4.69) is 15.0 Å². The van der Waals surface area contributed by atoms with E-state index in [0.717, 1.165) is 29.7 Å². The van der Waals surface area contributed by atoms with E-state index in [9.17, 15) is 9.18 Å². The summed E-state index contributed by atoms with van der Waals surface area (Å²) in [6.07, 6.45) is 10.4. The van der Waals surface area contributed by atoms with Crippen molar-refractivity contribution in [3.8, 4) is 5.88 Å². The van der Waals surface area contributed by atoms with Gasteiger partial charge in [-0.3, -0.25) is 9.78 Å². The molecule has 1 amide bonds. The van der Waals surface area contributed by atoms with E-state index in [4.69, 9.17) is 4.74 Å². The minimum absolute atomic E-state index is 0.344. The van der Waals surface area contributed by atoms with Gasteiger partial charge in [0.25, 0.3) is 0 Å². The van der Waals surface area contributed by atoms with E-state index in [1.54, 1.807) is 38.5 Å². The molecule has 0 bridgehead atoms. The van der Waals surface area contributed by atoms with E-state index in [0.29, 0.717) is 24.7 Å². The van der Waals surface area contributed by atoms with Gasteiger partial charge in [0.2, 0.25) is 12.3 Å². The van der Waals surface area contributed by atoms with Crippen LogP contribution in [-0.4, -0.2) is 39.9 Å². The molecule has 0 saturated carbocycles. The predicted molar refractivity (Wildman–Crippen MR) is 101 cm³/mol. The maximum atomic E-state index is 12.9. The van der Waals surface area contributed by atoms with Crippen LogP contribution in [0.25, 0.3) is 5.57 Å². The van der Waals surface area contributed by atoms with Gasteiger partial charge in [-0.05, 0) is 50.5 Å². The number of nitrogens with zero attached hydrogens (tertiary/aromatic N) is 4. The molecular formula is C20H23FN4O2. The SMILES string of the molecule is C/C=C(\C=C/N(C)C=O)c1cnc(C)nc1OCCCc1ccc(F)cn1. The minimum Gasteiger partial charge on any atom is -0.477 e. The van der Waals surface area contributed by atoms with E-state index in [1.165, 1.54) is 17.2 Å². The summed E-state index contributed by atoms with van der Waals surface area (Å²) < 4.78 is 18.8. The molecule has 0 aliphatic carbocycles. The van der Waals surface area contributed by atoms with Crippen LogP contribution in [0.5, 0.6) is 5.88 Å². The lowest BCUT2D eigenvalue weighted by atomic mass is 10.1. The standard InChI is InChI=1S/C20H23FN4O2/c1-4-16(9-10-25(3)14-26)19-13-22-15(2)24-20(19)27-11-5-6-18-8-7-17(21)12-23-18/h4,7-10,12-14H,5-6,11H2,1-3H3/b10-9-,16-4+. The molecule has 2 rings (SSSR count). The molecule has 0 radical (unpaired) electrons. The van der Waals surface area contributed by atoms with Crippen LogP contribution >= 0.6 is 0 Å². The number of pyridine rings is 1. The average Bonchev–Trinajstić information content (AvgIpc) is 2.68. The van der Waals surface area contributed by atoms with Gasteiger partial charge in [0.05, 0.1) is 18.4 Å². The van der Waals surface area contributed by atoms with Crippen LogP contribution in [0.1, 0.15) is 30.4 Å². The number of amides is 1. The van der Waals surface area contributed by atoms with E-state index in [-0.39, 0.29) is 5.82 Å². The molecule has 2 heterocycles. The average molecular weight is 370 g/mol. The highest BCUT2D eigenvalue weighted by Gasteiger charge is 2.10. The molecule has 0 unspecified atom stereocenters.